The first-order chi connectivity index (χ1) is 15.2. The summed E-state index contributed by atoms with van der Waals surface area (Å²) in [5.41, 5.74) is 2.34. The van der Waals surface area contributed by atoms with Crippen molar-refractivity contribution in [2.24, 2.45) is 0 Å². The van der Waals surface area contributed by atoms with E-state index in [9.17, 15) is 18.0 Å². The van der Waals surface area contributed by atoms with Crippen molar-refractivity contribution in [3.8, 4) is 0 Å². The molecule has 1 aliphatic rings. The van der Waals surface area contributed by atoms with Crippen LogP contribution in [-0.2, 0) is 26.1 Å². The molecule has 32 heavy (non-hydrogen) atoms. The Labute approximate surface area is 193 Å². The number of esters is 1. The van der Waals surface area contributed by atoms with E-state index < -0.39 is 10.0 Å². The Morgan fingerprint density at radius 3 is 2.50 bits per heavy atom. The van der Waals surface area contributed by atoms with Crippen molar-refractivity contribution in [2.45, 2.75) is 56.0 Å². The van der Waals surface area contributed by atoms with Gasteiger partial charge in [-0.15, -0.1) is 0 Å². The first-order valence-corrected chi connectivity index (χ1v) is 13.0. The Morgan fingerprint density at radius 1 is 1.16 bits per heavy atom. The number of sulfonamides is 1. The molecule has 2 aromatic rings. The van der Waals surface area contributed by atoms with E-state index in [1.165, 1.54) is 29.4 Å². The average molecular weight is 480 g/mol. The number of piperidine rings is 1. The van der Waals surface area contributed by atoms with Gasteiger partial charge in [-0.1, -0.05) is 18.2 Å². The first-order valence-electron chi connectivity index (χ1n) is 10.6. The number of aromatic nitrogens is 2. The van der Waals surface area contributed by atoms with E-state index in [2.05, 4.69) is 9.72 Å². The number of hydrogen-bond acceptors (Lipinski definition) is 7. The number of Topliss-reactive ketones (excluding diaryl/α,β-unsaturated/α-hetero) is 1. The fourth-order valence-corrected chi connectivity index (χ4v) is 6.00. The monoisotopic (exact) mass is 479 g/mol. The zero-order valence-corrected chi connectivity index (χ0v) is 20.3. The maximum absolute atomic E-state index is 12.8. The third kappa shape index (κ3) is 5.60. The molecule has 2 aromatic heterocycles. The highest BCUT2D eigenvalue weighted by Crippen LogP contribution is 2.24. The zero-order valence-electron chi connectivity index (χ0n) is 18.7. The Bertz CT molecular complexity index is 1070. The van der Waals surface area contributed by atoms with E-state index in [0.717, 1.165) is 30.7 Å². The molecule has 8 nitrogen and oxygen atoms in total. The van der Waals surface area contributed by atoms with Crippen molar-refractivity contribution >= 4 is 33.5 Å². The van der Waals surface area contributed by atoms with Crippen molar-refractivity contribution in [3.05, 3.63) is 41.3 Å². The molecule has 0 amide bonds. The summed E-state index contributed by atoms with van der Waals surface area (Å²) in [4.78, 5) is 28.6. The van der Waals surface area contributed by atoms with Gasteiger partial charge in [-0.25, -0.2) is 13.4 Å². The summed E-state index contributed by atoms with van der Waals surface area (Å²) in [6.45, 7) is 5.31. The minimum atomic E-state index is -3.52. The van der Waals surface area contributed by atoms with Gasteiger partial charge in [0.1, 0.15) is 4.90 Å². The van der Waals surface area contributed by atoms with Crippen LogP contribution in [0.25, 0.3) is 0 Å². The highest BCUT2D eigenvalue weighted by molar-refractivity contribution is 7.99. The summed E-state index contributed by atoms with van der Waals surface area (Å²) in [5.74, 6) is -0.149. The van der Waals surface area contributed by atoms with E-state index in [1.807, 2.05) is 24.5 Å². The number of methoxy groups -OCH3 is 1. The predicted octanol–water partition coefficient (Wildman–Crippen LogP) is 3.21. The summed E-state index contributed by atoms with van der Waals surface area (Å²) in [5, 5.41) is 0.593. The summed E-state index contributed by atoms with van der Waals surface area (Å²) >= 11 is 1.27. The molecule has 1 fully saturated rings. The maximum atomic E-state index is 12.8. The number of ether oxygens (including phenoxy) is 1. The third-order valence-corrected chi connectivity index (χ3v) is 8.48. The van der Waals surface area contributed by atoms with E-state index in [4.69, 9.17) is 0 Å². The lowest BCUT2D eigenvalue weighted by atomic mass is 10.2. The SMILES string of the molecule is COC(=O)CCn1c(C)cc(C(=O)CSc2ccc(S(=O)(=O)N3CCCCC3)cn2)c1C. The Kier molecular flexibility index (Phi) is 8.13. The maximum Gasteiger partial charge on any atom is 0.307 e. The number of aryl methyl sites for hydroxylation is 1. The molecule has 0 bridgehead atoms. The van der Waals surface area contributed by atoms with Gasteiger partial charge in [-0.3, -0.25) is 9.59 Å². The largest absolute Gasteiger partial charge is 0.469 e. The normalized spacial score (nSPS) is 15.0. The molecule has 3 rings (SSSR count). The van der Waals surface area contributed by atoms with Crippen LogP contribution in [0.4, 0.5) is 0 Å². The number of nitrogens with zero attached hydrogens (tertiary/aromatic N) is 3. The van der Waals surface area contributed by atoms with E-state index >= 15 is 0 Å². The zero-order chi connectivity index (χ0) is 23.3. The van der Waals surface area contributed by atoms with Gasteiger partial charge in [0.2, 0.25) is 10.0 Å². The summed E-state index contributed by atoms with van der Waals surface area (Å²) in [6.07, 6.45) is 4.43. The van der Waals surface area contributed by atoms with Gasteiger partial charge >= 0.3 is 5.97 Å². The van der Waals surface area contributed by atoms with Gasteiger partial charge in [0.25, 0.3) is 0 Å². The molecule has 0 aliphatic carbocycles. The molecule has 0 spiro atoms. The van der Waals surface area contributed by atoms with Crippen molar-refractivity contribution in [1.29, 1.82) is 0 Å². The summed E-state index contributed by atoms with van der Waals surface area (Å²) in [6, 6.07) is 5.04. The lowest BCUT2D eigenvalue weighted by Crippen LogP contribution is -2.35. The molecule has 0 N–H and O–H groups in total. The second kappa shape index (κ2) is 10.6. The first kappa shape index (κ1) is 24.5. The van der Waals surface area contributed by atoms with Crippen molar-refractivity contribution in [3.63, 3.8) is 0 Å². The fourth-order valence-electron chi connectivity index (χ4n) is 3.81. The van der Waals surface area contributed by atoms with Crippen LogP contribution in [0, 0.1) is 13.8 Å². The standard InChI is InChI=1S/C22H29N3O5S2/c1-16-13-19(17(2)25(16)12-9-22(27)30-3)20(26)15-31-21-8-7-18(14-23-21)32(28,29)24-10-5-4-6-11-24/h7-8,13-14H,4-6,9-12,15H2,1-3H3. The van der Waals surface area contributed by atoms with Crippen LogP contribution in [-0.4, -0.2) is 60.0 Å². The van der Waals surface area contributed by atoms with E-state index in [0.29, 0.717) is 30.2 Å². The Hall–Kier alpha value is -2.17. The van der Waals surface area contributed by atoms with Gasteiger partial charge in [-0.05, 0) is 44.9 Å². The molecule has 1 aliphatic heterocycles. The molecule has 1 saturated heterocycles. The number of carbonyl (C=O) groups is 2. The van der Waals surface area contributed by atoms with Crippen LogP contribution in [0.5, 0.6) is 0 Å². The molecule has 0 radical (unpaired) electrons. The lowest BCUT2D eigenvalue weighted by Gasteiger charge is -2.25. The molecule has 174 valence electrons. The van der Waals surface area contributed by atoms with Crippen LogP contribution in [0.2, 0.25) is 0 Å². The average Bonchev–Trinajstić information content (AvgIpc) is 3.09. The van der Waals surface area contributed by atoms with Crippen LogP contribution >= 0.6 is 11.8 Å². The van der Waals surface area contributed by atoms with Gasteiger partial charge in [0, 0.05) is 42.8 Å². The van der Waals surface area contributed by atoms with Crippen molar-refractivity contribution < 1.29 is 22.7 Å². The van der Waals surface area contributed by atoms with Crippen LogP contribution in [0.1, 0.15) is 47.4 Å². The van der Waals surface area contributed by atoms with E-state index in [1.54, 1.807) is 12.1 Å². The third-order valence-electron chi connectivity index (χ3n) is 5.65. The molecule has 0 saturated carbocycles. The van der Waals surface area contributed by atoms with Gasteiger partial charge in [-0.2, -0.15) is 4.31 Å². The minimum absolute atomic E-state index is 0.0424. The number of rotatable bonds is 9. The van der Waals surface area contributed by atoms with Crippen LogP contribution < -0.4 is 0 Å². The Morgan fingerprint density at radius 2 is 1.88 bits per heavy atom. The minimum Gasteiger partial charge on any atom is -0.469 e. The smallest absolute Gasteiger partial charge is 0.307 e. The van der Waals surface area contributed by atoms with Gasteiger partial charge in [0.15, 0.2) is 5.78 Å². The Balaban J connectivity index is 1.62. The summed E-state index contributed by atoms with van der Waals surface area (Å²) < 4.78 is 33.6. The number of ketones is 1. The lowest BCUT2D eigenvalue weighted by molar-refractivity contribution is -0.140. The summed E-state index contributed by atoms with van der Waals surface area (Å²) in [7, 11) is -2.16. The number of hydrogen-bond donors (Lipinski definition) is 0. The van der Waals surface area contributed by atoms with Gasteiger partial charge < -0.3 is 9.30 Å². The second-order valence-electron chi connectivity index (χ2n) is 7.77. The molecular weight excluding hydrogens is 450 g/mol. The number of pyridine rings is 1. The molecule has 0 atom stereocenters. The van der Waals surface area contributed by atoms with Gasteiger partial charge in [0.05, 0.1) is 24.3 Å². The quantitative estimate of drug-likeness (QED) is 0.309. The highest BCUT2D eigenvalue weighted by atomic mass is 32.2. The van der Waals surface area contributed by atoms with Crippen LogP contribution in [0.3, 0.4) is 0 Å². The molecule has 3 heterocycles. The van der Waals surface area contributed by atoms with Crippen molar-refractivity contribution in [1.82, 2.24) is 13.9 Å². The van der Waals surface area contributed by atoms with Crippen LogP contribution in [0.15, 0.2) is 34.3 Å². The molecule has 0 unspecified atom stereocenters. The highest BCUT2D eigenvalue weighted by Gasteiger charge is 2.26. The molecule has 10 heteroatoms. The fraction of sp³-hybridized carbons (Fsp3) is 0.500. The topological polar surface area (TPSA) is 98.6 Å². The predicted molar refractivity (Wildman–Crippen MR) is 122 cm³/mol. The van der Waals surface area contributed by atoms with Crippen molar-refractivity contribution in [2.75, 3.05) is 26.0 Å². The second-order valence-corrected chi connectivity index (χ2v) is 10.7. The molecule has 0 aromatic carbocycles. The number of thioether (sulfide) groups is 1. The number of carbonyl (C=O) groups excluding carboxylic acids is 2. The molecular formula is C22H29N3O5S2. The van der Waals surface area contributed by atoms with E-state index in [-0.39, 0.29) is 28.8 Å².